The monoisotopic (exact) mass is 256 g/mol. The quantitative estimate of drug-likeness (QED) is 0.509. The molecule has 0 fully saturated rings. The van der Waals surface area contributed by atoms with E-state index in [4.69, 9.17) is 4.74 Å². The van der Waals surface area contributed by atoms with Gasteiger partial charge in [-0.25, -0.2) is 0 Å². The molecule has 0 saturated carbocycles. The molecule has 0 bridgehead atoms. The molecule has 2 nitrogen and oxygen atoms in total. The van der Waals surface area contributed by atoms with E-state index < -0.39 is 0 Å². The summed E-state index contributed by atoms with van der Waals surface area (Å²) in [4.78, 5) is 0. The molecule has 2 heteroatoms. The van der Waals surface area contributed by atoms with Crippen molar-refractivity contribution in [3.05, 3.63) is 41.5 Å². The van der Waals surface area contributed by atoms with Crippen molar-refractivity contribution < 1.29 is 9.84 Å². The van der Waals surface area contributed by atoms with Gasteiger partial charge in [0, 0.05) is 12.0 Å². The zero-order valence-corrected chi connectivity index (χ0v) is 11.4. The molecule has 1 N–H and O–H groups in total. The molecule has 1 aliphatic rings. The molecular weight excluding hydrogens is 236 g/mol. The van der Waals surface area contributed by atoms with Crippen LogP contribution in [0, 0.1) is 11.8 Å². The van der Waals surface area contributed by atoms with Crippen LogP contribution in [0.15, 0.2) is 35.9 Å². The molecule has 1 atom stereocenters. The summed E-state index contributed by atoms with van der Waals surface area (Å²) in [5.74, 6) is 7.21. The zero-order valence-electron chi connectivity index (χ0n) is 11.4. The van der Waals surface area contributed by atoms with Crippen LogP contribution in [0.3, 0.4) is 0 Å². The summed E-state index contributed by atoms with van der Waals surface area (Å²) < 4.78 is 5.10. The Labute approximate surface area is 115 Å². The number of hydrogen-bond acceptors (Lipinski definition) is 2. The lowest BCUT2D eigenvalue weighted by molar-refractivity contribution is 0.223. The third-order valence-electron chi connectivity index (χ3n) is 3.31. The van der Waals surface area contributed by atoms with Gasteiger partial charge in [-0.05, 0) is 49.9 Å². The van der Waals surface area contributed by atoms with Crippen molar-refractivity contribution in [3.63, 3.8) is 0 Å². The van der Waals surface area contributed by atoms with Gasteiger partial charge in [-0.1, -0.05) is 23.5 Å². The van der Waals surface area contributed by atoms with Gasteiger partial charge >= 0.3 is 0 Å². The number of rotatable bonds is 4. The van der Waals surface area contributed by atoms with E-state index in [9.17, 15) is 5.11 Å². The van der Waals surface area contributed by atoms with E-state index in [1.54, 1.807) is 7.11 Å². The summed E-state index contributed by atoms with van der Waals surface area (Å²) in [6, 6.07) is 7.80. The molecule has 1 aromatic carbocycles. The van der Waals surface area contributed by atoms with Crippen molar-refractivity contribution in [2.24, 2.45) is 0 Å². The van der Waals surface area contributed by atoms with Crippen LogP contribution in [-0.2, 0) is 0 Å². The van der Waals surface area contributed by atoms with Gasteiger partial charge in [0.25, 0.3) is 0 Å². The molecule has 0 amide bonds. The number of methoxy groups -OCH3 is 1. The number of ether oxygens (including phenoxy) is 1. The number of aliphatic hydroxyl groups is 1. The molecule has 0 spiro atoms. The summed E-state index contributed by atoms with van der Waals surface area (Å²) in [5.41, 5.74) is 2.41. The van der Waals surface area contributed by atoms with Crippen LogP contribution in [0.1, 0.15) is 37.7 Å². The van der Waals surface area contributed by atoms with Crippen LogP contribution in [0.5, 0.6) is 5.75 Å². The number of aliphatic hydroxyl groups excluding tert-OH is 1. The highest BCUT2D eigenvalue weighted by Gasteiger charge is 2.11. The van der Waals surface area contributed by atoms with Gasteiger partial charge in [-0.3, -0.25) is 0 Å². The highest BCUT2D eigenvalue weighted by molar-refractivity contribution is 5.38. The van der Waals surface area contributed by atoms with Gasteiger partial charge in [-0.2, -0.15) is 0 Å². The fourth-order valence-electron chi connectivity index (χ4n) is 2.22. The lowest BCUT2D eigenvalue weighted by atomic mass is 10.1. The predicted octanol–water partition coefficient (Wildman–Crippen LogP) is 3.30. The normalized spacial score (nSPS) is 17.6. The Bertz CT molecular complexity index is 488. The van der Waals surface area contributed by atoms with E-state index in [0.29, 0.717) is 0 Å². The molecular formula is C17H20O2. The largest absolute Gasteiger partial charge is 0.497 e. The average Bonchev–Trinajstić information content (AvgIpc) is 2.85. The molecule has 19 heavy (non-hydrogen) atoms. The topological polar surface area (TPSA) is 29.5 Å². The maximum atomic E-state index is 9.38. The third kappa shape index (κ3) is 4.46. The first-order valence-electron chi connectivity index (χ1n) is 6.78. The standard InChI is InChI=1S/C17H20O2/c1-19-17-11-8-14(9-12-17)5-3-2-4-6-15-7-10-16(18)13-15/h8-9,11-13,16,18H,2,4,6-7,10H2,1H3. The van der Waals surface area contributed by atoms with Crippen LogP contribution in [0.2, 0.25) is 0 Å². The van der Waals surface area contributed by atoms with E-state index >= 15 is 0 Å². The summed E-state index contributed by atoms with van der Waals surface area (Å²) in [6.45, 7) is 0. The second-order valence-corrected chi connectivity index (χ2v) is 4.81. The van der Waals surface area contributed by atoms with Gasteiger partial charge in [0.2, 0.25) is 0 Å². The van der Waals surface area contributed by atoms with Crippen LogP contribution in [0.25, 0.3) is 0 Å². The van der Waals surface area contributed by atoms with Crippen molar-refractivity contribution in [3.8, 4) is 17.6 Å². The Morgan fingerprint density at radius 2 is 2.11 bits per heavy atom. The van der Waals surface area contributed by atoms with Crippen molar-refractivity contribution in [1.29, 1.82) is 0 Å². The molecule has 1 aliphatic carbocycles. The summed E-state index contributed by atoms with van der Waals surface area (Å²) in [5, 5.41) is 9.38. The van der Waals surface area contributed by atoms with Crippen LogP contribution >= 0.6 is 0 Å². The fraction of sp³-hybridized carbons (Fsp3) is 0.412. The lowest BCUT2D eigenvalue weighted by Crippen LogP contribution is -1.93. The molecule has 0 radical (unpaired) electrons. The van der Waals surface area contributed by atoms with Gasteiger partial charge in [-0.15, -0.1) is 0 Å². The number of allylic oxidation sites excluding steroid dienone is 1. The lowest BCUT2D eigenvalue weighted by Gasteiger charge is -1.98. The zero-order chi connectivity index (χ0) is 13.5. The van der Waals surface area contributed by atoms with E-state index in [1.807, 2.05) is 30.3 Å². The maximum Gasteiger partial charge on any atom is 0.118 e. The minimum atomic E-state index is -0.208. The first-order valence-corrected chi connectivity index (χ1v) is 6.78. The van der Waals surface area contributed by atoms with Gasteiger partial charge in [0.05, 0.1) is 13.2 Å². The first kappa shape index (κ1) is 13.7. The van der Waals surface area contributed by atoms with Crippen LogP contribution < -0.4 is 4.74 Å². The molecule has 0 aromatic heterocycles. The average molecular weight is 256 g/mol. The Balaban J connectivity index is 1.73. The highest BCUT2D eigenvalue weighted by Crippen LogP contribution is 2.22. The highest BCUT2D eigenvalue weighted by atomic mass is 16.5. The summed E-state index contributed by atoms with van der Waals surface area (Å²) in [7, 11) is 1.66. The second-order valence-electron chi connectivity index (χ2n) is 4.81. The van der Waals surface area contributed by atoms with Gasteiger partial charge in [0.1, 0.15) is 5.75 Å². The smallest absolute Gasteiger partial charge is 0.118 e. The van der Waals surface area contributed by atoms with E-state index in [2.05, 4.69) is 11.8 Å². The first-order chi connectivity index (χ1) is 9.28. The maximum absolute atomic E-state index is 9.38. The second kappa shape index (κ2) is 7.01. The summed E-state index contributed by atoms with van der Waals surface area (Å²) in [6.07, 6.45) is 6.77. The van der Waals surface area contributed by atoms with E-state index in [-0.39, 0.29) is 6.10 Å². The van der Waals surface area contributed by atoms with Crippen molar-refractivity contribution in [1.82, 2.24) is 0 Å². The predicted molar refractivity (Wildman–Crippen MR) is 77.0 cm³/mol. The Morgan fingerprint density at radius 3 is 2.74 bits per heavy atom. The SMILES string of the molecule is COc1ccc(C#CCCCC2=CC(O)CC2)cc1. The Hall–Kier alpha value is -1.72. The molecule has 0 saturated heterocycles. The third-order valence-corrected chi connectivity index (χ3v) is 3.31. The molecule has 100 valence electrons. The van der Waals surface area contributed by atoms with Crippen LogP contribution in [0.4, 0.5) is 0 Å². The van der Waals surface area contributed by atoms with E-state index in [1.165, 1.54) is 5.57 Å². The Kier molecular flexibility index (Phi) is 5.06. The van der Waals surface area contributed by atoms with Crippen molar-refractivity contribution in [2.75, 3.05) is 7.11 Å². The fourth-order valence-corrected chi connectivity index (χ4v) is 2.22. The summed E-state index contributed by atoms with van der Waals surface area (Å²) >= 11 is 0. The number of hydrogen-bond donors (Lipinski definition) is 1. The van der Waals surface area contributed by atoms with Crippen LogP contribution in [-0.4, -0.2) is 18.3 Å². The minimum absolute atomic E-state index is 0.208. The molecule has 2 rings (SSSR count). The minimum Gasteiger partial charge on any atom is -0.497 e. The number of unbranched alkanes of at least 4 members (excludes halogenated alkanes) is 1. The molecule has 1 aromatic rings. The van der Waals surface area contributed by atoms with Crippen molar-refractivity contribution in [2.45, 2.75) is 38.2 Å². The molecule has 0 heterocycles. The van der Waals surface area contributed by atoms with Gasteiger partial charge < -0.3 is 9.84 Å². The molecule has 0 aliphatic heterocycles. The van der Waals surface area contributed by atoms with Crippen molar-refractivity contribution >= 4 is 0 Å². The number of benzene rings is 1. The Morgan fingerprint density at radius 1 is 1.32 bits per heavy atom. The van der Waals surface area contributed by atoms with E-state index in [0.717, 1.165) is 43.4 Å². The van der Waals surface area contributed by atoms with Gasteiger partial charge in [0.15, 0.2) is 0 Å². The molecule has 1 unspecified atom stereocenters.